The molecule has 3 fully saturated rings. The number of ether oxygens (including phenoxy) is 2. The monoisotopic (exact) mass is 395 g/mol. The zero-order valence-corrected chi connectivity index (χ0v) is 15.9. The number of carbonyl (C=O) groups excluding carboxylic acids is 2. The number of halogens is 1. The van der Waals surface area contributed by atoms with Crippen molar-refractivity contribution in [2.24, 2.45) is 5.41 Å². The predicted octanol–water partition coefficient (Wildman–Crippen LogP) is 2.45. The number of nitrogens with zero attached hydrogens (tertiary/aromatic N) is 2. The molecular weight excluding hydrogens is 373 g/mol. The van der Waals surface area contributed by atoms with Gasteiger partial charge in [-0.05, 0) is 18.2 Å². The Kier molecular flexibility index (Phi) is 4.79. The topological polar surface area (TPSA) is 71.1 Å². The van der Waals surface area contributed by atoms with Crippen molar-refractivity contribution in [3.63, 3.8) is 0 Å². The van der Waals surface area contributed by atoms with Crippen LogP contribution in [0.3, 0.4) is 0 Å². The average Bonchev–Trinajstić information content (AvgIpc) is 2.94. The summed E-state index contributed by atoms with van der Waals surface area (Å²) in [5.74, 6) is 2.00. The Bertz CT molecular complexity index is 750. The van der Waals surface area contributed by atoms with Gasteiger partial charge < -0.3 is 19.7 Å². The smallest absolute Gasteiger partial charge is 0.414 e. The summed E-state index contributed by atoms with van der Waals surface area (Å²) in [6.45, 7) is 2.25. The number of rotatable bonds is 5. The first-order valence-corrected chi connectivity index (χ1v) is 10.1. The first-order chi connectivity index (χ1) is 13.0. The molecule has 7 nitrogen and oxygen atoms in total. The van der Waals surface area contributed by atoms with E-state index in [1.54, 1.807) is 12.1 Å². The normalized spacial score (nSPS) is 22.9. The number of benzene rings is 1. The Morgan fingerprint density at radius 2 is 2.22 bits per heavy atom. The number of alkyl carbamates (subject to hydrolysis) is 1. The summed E-state index contributed by atoms with van der Waals surface area (Å²) in [5, 5.41) is 2.35. The van der Waals surface area contributed by atoms with Crippen LogP contribution in [0.4, 0.5) is 25.4 Å². The summed E-state index contributed by atoms with van der Waals surface area (Å²) in [7, 11) is 1.48. The molecule has 3 aliphatic heterocycles. The highest BCUT2D eigenvalue weighted by Gasteiger charge is 2.48. The van der Waals surface area contributed by atoms with Gasteiger partial charge in [0.2, 0.25) is 0 Å². The maximum atomic E-state index is 14.6. The quantitative estimate of drug-likeness (QED) is 0.826. The van der Waals surface area contributed by atoms with Crippen LogP contribution < -0.4 is 15.1 Å². The third-order valence-corrected chi connectivity index (χ3v) is 6.84. The number of hydrogen-bond acceptors (Lipinski definition) is 6. The fourth-order valence-corrected chi connectivity index (χ4v) is 4.81. The highest BCUT2D eigenvalue weighted by Crippen LogP contribution is 2.47. The minimum Gasteiger partial charge on any atom is -0.449 e. The van der Waals surface area contributed by atoms with Gasteiger partial charge in [0.25, 0.3) is 0 Å². The van der Waals surface area contributed by atoms with Gasteiger partial charge in [0.15, 0.2) is 0 Å². The molecule has 3 saturated heterocycles. The molecule has 1 atom stereocenters. The highest BCUT2D eigenvalue weighted by molar-refractivity contribution is 8.00. The van der Waals surface area contributed by atoms with Crippen LogP contribution in [0, 0.1) is 11.2 Å². The summed E-state index contributed by atoms with van der Waals surface area (Å²) in [6.07, 6.45) is -1.04. The summed E-state index contributed by atoms with van der Waals surface area (Å²) >= 11 is 1.94. The Hall–Kier alpha value is -2.16. The Morgan fingerprint density at radius 3 is 2.85 bits per heavy atom. The molecule has 3 heterocycles. The second kappa shape index (κ2) is 7.10. The van der Waals surface area contributed by atoms with Crippen molar-refractivity contribution >= 4 is 35.3 Å². The molecule has 0 radical (unpaired) electrons. The fourth-order valence-electron chi connectivity index (χ4n) is 3.67. The summed E-state index contributed by atoms with van der Waals surface area (Å²) in [6, 6.07) is 4.88. The molecule has 0 bridgehead atoms. The van der Waals surface area contributed by atoms with E-state index in [1.807, 2.05) is 11.8 Å². The van der Waals surface area contributed by atoms with Crippen LogP contribution in [0.25, 0.3) is 0 Å². The standard InChI is InChI=1S/C18H22FN3O4S/c1-20-16(23)25-5-4-13-7-22(17(24)26-13)12-2-3-15(14(19)6-12)21-8-18(9-21)10-27-11-18/h2-3,6,13H,4-5,7-11H2,1H3,(H,20,23)/t13-/m0/s1. The van der Waals surface area contributed by atoms with Gasteiger partial charge in [-0.2, -0.15) is 11.8 Å². The molecule has 3 aliphatic rings. The lowest BCUT2D eigenvalue weighted by atomic mass is 9.82. The number of hydrogen-bond donors (Lipinski definition) is 1. The largest absolute Gasteiger partial charge is 0.449 e. The van der Waals surface area contributed by atoms with Gasteiger partial charge in [0.1, 0.15) is 11.9 Å². The van der Waals surface area contributed by atoms with Gasteiger partial charge in [-0.1, -0.05) is 0 Å². The lowest BCUT2D eigenvalue weighted by Crippen LogP contribution is -2.63. The van der Waals surface area contributed by atoms with Crippen LogP contribution in [0.5, 0.6) is 0 Å². The van der Waals surface area contributed by atoms with Crippen LogP contribution in [0.2, 0.25) is 0 Å². The molecule has 0 aliphatic carbocycles. The molecule has 1 spiro atoms. The number of anilines is 2. The molecule has 1 aromatic carbocycles. The first kappa shape index (κ1) is 18.2. The number of nitrogens with one attached hydrogen (secondary N) is 1. The molecule has 0 unspecified atom stereocenters. The van der Waals surface area contributed by atoms with E-state index < -0.39 is 18.3 Å². The zero-order chi connectivity index (χ0) is 19.0. The molecule has 2 amide bonds. The van der Waals surface area contributed by atoms with E-state index >= 15 is 0 Å². The Balaban J connectivity index is 1.35. The highest BCUT2D eigenvalue weighted by atomic mass is 32.2. The number of amides is 2. The number of thioether (sulfide) groups is 1. The van der Waals surface area contributed by atoms with E-state index in [9.17, 15) is 14.0 Å². The van der Waals surface area contributed by atoms with E-state index in [0.717, 1.165) is 24.6 Å². The first-order valence-electron chi connectivity index (χ1n) is 8.95. The van der Waals surface area contributed by atoms with Gasteiger partial charge in [0.05, 0.1) is 24.5 Å². The van der Waals surface area contributed by atoms with Crippen LogP contribution in [0.15, 0.2) is 18.2 Å². The molecule has 146 valence electrons. The lowest BCUT2D eigenvalue weighted by Gasteiger charge is -2.56. The van der Waals surface area contributed by atoms with E-state index in [4.69, 9.17) is 9.47 Å². The number of carbonyl (C=O) groups is 2. The van der Waals surface area contributed by atoms with Crippen molar-refractivity contribution in [1.29, 1.82) is 0 Å². The van der Waals surface area contributed by atoms with Gasteiger partial charge in [-0.25, -0.2) is 14.0 Å². The summed E-state index contributed by atoms with van der Waals surface area (Å²) < 4.78 is 24.8. The second-order valence-electron chi connectivity index (χ2n) is 7.28. The molecular formula is C18H22FN3O4S. The molecule has 0 saturated carbocycles. The van der Waals surface area contributed by atoms with Gasteiger partial charge >= 0.3 is 12.2 Å². The van der Waals surface area contributed by atoms with Crippen molar-refractivity contribution in [1.82, 2.24) is 5.32 Å². The van der Waals surface area contributed by atoms with E-state index in [1.165, 1.54) is 18.0 Å². The molecule has 1 N–H and O–H groups in total. The Labute approximate surface area is 161 Å². The van der Waals surface area contributed by atoms with Crippen molar-refractivity contribution < 1.29 is 23.5 Å². The van der Waals surface area contributed by atoms with Gasteiger partial charge in [0, 0.05) is 43.5 Å². The van der Waals surface area contributed by atoms with E-state index in [-0.39, 0.29) is 12.4 Å². The third-order valence-electron chi connectivity index (χ3n) is 5.20. The summed E-state index contributed by atoms with van der Waals surface area (Å²) in [4.78, 5) is 26.6. The van der Waals surface area contributed by atoms with E-state index in [0.29, 0.717) is 29.8 Å². The van der Waals surface area contributed by atoms with Gasteiger partial charge in [-0.3, -0.25) is 4.90 Å². The average molecular weight is 395 g/mol. The number of cyclic esters (lactones) is 1. The van der Waals surface area contributed by atoms with Crippen LogP contribution in [-0.4, -0.2) is 63.1 Å². The minimum atomic E-state index is -0.526. The fraction of sp³-hybridized carbons (Fsp3) is 0.556. The van der Waals surface area contributed by atoms with Gasteiger partial charge in [-0.15, -0.1) is 0 Å². The third kappa shape index (κ3) is 3.52. The maximum Gasteiger partial charge on any atom is 0.414 e. The minimum absolute atomic E-state index is 0.147. The predicted molar refractivity (Wildman–Crippen MR) is 101 cm³/mol. The lowest BCUT2D eigenvalue weighted by molar-refractivity contribution is 0.105. The maximum absolute atomic E-state index is 14.6. The zero-order valence-electron chi connectivity index (χ0n) is 15.1. The second-order valence-corrected chi connectivity index (χ2v) is 8.26. The molecule has 1 aromatic rings. The van der Waals surface area contributed by atoms with Crippen LogP contribution in [0.1, 0.15) is 6.42 Å². The summed E-state index contributed by atoms with van der Waals surface area (Å²) in [5.41, 5.74) is 1.45. The van der Waals surface area contributed by atoms with Crippen molar-refractivity contribution in [2.75, 3.05) is 54.6 Å². The van der Waals surface area contributed by atoms with Crippen LogP contribution in [-0.2, 0) is 9.47 Å². The Morgan fingerprint density at radius 1 is 1.44 bits per heavy atom. The molecule has 27 heavy (non-hydrogen) atoms. The van der Waals surface area contributed by atoms with Crippen molar-refractivity contribution in [2.45, 2.75) is 12.5 Å². The SMILES string of the molecule is CNC(=O)OCC[C@H]1CN(c2ccc(N3CC4(CSC4)C3)c(F)c2)C(=O)O1. The van der Waals surface area contributed by atoms with Crippen molar-refractivity contribution in [3.05, 3.63) is 24.0 Å². The van der Waals surface area contributed by atoms with E-state index in [2.05, 4.69) is 10.2 Å². The molecule has 4 rings (SSSR count). The van der Waals surface area contributed by atoms with Crippen LogP contribution >= 0.6 is 11.8 Å². The molecule has 9 heteroatoms. The molecule has 0 aromatic heterocycles. The van der Waals surface area contributed by atoms with Crippen molar-refractivity contribution in [3.8, 4) is 0 Å².